The molecule has 1 heterocycles. The molecule has 3 aromatic carbocycles. The first-order valence-corrected chi connectivity index (χ1v) is 13.5. The summed E-state index contributed by atoms with van der Waals surface area (Å²) in [5.41, 5.74) is 4.78. The van der Waals surface area contributed by atoms with Gasteiger partial charge in [0, 0.05) is 22.9 Å². The summed E-state index contributed by atoms with van der Waals surface area (Å²) in [6.45, 7) is 2.93. The molecule has 3 atom stereocenters. The molecule has 5 heteroatoms. The lowest BCUT2D eigenvalue weighted by Gasteiger charge is -2.43. The summed E-state index contributed by atoms with van der Waals surface area (Å²) in [5, 5.41) is 12.6. The van der Waals surface area contributed by atoms with Gasteiger partial charge in [-0.1, -0.05) is 76.6 Å². The molecule has 0 bridgehead atoms. The summed E-state index contributed by atoms with van der Waals surface area (Å²) < 4.78 is 7.02. The Morgan fingerprint density at radius 3 is 2.33 bits per heavy atom. The largest absolute Gasteiger partial charge is 0.484 e. The highest BCUT2D eigenvalue weighted by molar-refractivity contribution is 9.10. The minimum atomic E-state index is -0.956. The van der Waals surface area contributed by atoms with Crippen molar-refractivity contribution in [1.29, 1.82) is 0 Å². The number of nitrogens with zero attached hydrogens (tertiary/aromatic N) is 2. The molecule has 1 N–H and O–H groups in total. The fourth-order valence-electron chi connectivity index (χ4n) is 5.48. The van der Waals surface area contributed by atoms with Crippen LogP contribution in [-0.2, 0) is 17.6 Å². The van der Waals surface area contributed by atoms with Crippen LogP contribution >= 0.6 is 15.9 Å². The minimum absolute atomic E-state index is 0.0826. The average Bonchev–Trinajstić information content (AvgIpc) is 2.90. The Labute approximate surface area is 224 Å². The van der Waals surface area contributed by atoms with Crippen LogP contribution < -0.4 is 0 Å². The second kappa shape index (κ2) is 11.7. The van der Waals surface area contributed by atoms with Crippen molar-refractivity contribution in [1.82, 2.24) is 4.90 Å². The Bertz CT molecular complexity index is 1180. The van der Waals surface area contributed by atoms with E-state index in [1.807, 2.05) is 24.3 Å². The molecule has 190 valence electrons. The van der Waals surface area contributed by atoms with E-state index in [1.165, 1.54) is 16.7 Å². The summed E-state index contributed by atoms with van der Waals surface area (Å²) in [4.78, 5) is 7.12. The van der Waals surface area contributed by atoms with E-state index in [4.69, 9.17) is 9.73 Å². The SMILES string of the molecule is COC1=Nc2ccc(Br)c(C)c2CC1C(c1ccccc1)C(O)(CCc1ccccc1)CCN(C)C. The predicted molar refractivity (Wildman–Crippen MR) is 152 cm³/mol. The first-order valence-electron chi connectivity index (χ1n) is 12.7. The van der Waals surface area contributed by atoms with Crippen molar-refractivity contribution < 1.29 is 9.84 Å². The lowest BCUT2D eigenvalue weighted by Crippen LogP contribution is -2.46. The number of halogens is 1. The first-order chi connectivity index (χ1) is 17.3. The van der Waals surface area contributed by atoms with Crippen molar-refractivity contribution in [3.63, 3.8) is 0 Å². The Kier molecular flexibility index (Phi) is 8.66. The average molecular weight is 550 g/mol. The van der Waals surface area contributed by atoms with Crippen LogP contribution in [0.3, 0.4) is 0 Å². The lowest BCUT2D eigenvalue weighted by atomic mass is 9.67. The highest BCUT2D eigenvalue weighted by Gasteiger charge is 2.45. The van der Waals surface area contributed by atoms with Crippen LogP contribution in [0.25, 0.3) is 0 Å². The first kappa shape index (κ1) is 26.6. The minimum Gasteiger partial charge on any atom is -0.484 e. The van der Waals surface area contributed by atoms with Gasteiger partial charge in [-0.05, 0) is 81.1 Å². The number of aliphatic imine (C=N–C) groups is 1. The van der Waals surface area contributed by atoms with Crippen molar-refractivity contribution in [2.24, 2.45) is 10.9 Å². The monoisotopic (exact) mass is 548 g/mol. The highest BCUT2D eigenvalue weighted by Crippen LogP contribution is 2.46. The molecule has 0 amide bonds. The van der Waals surface area contributed by atoms with Crippen molar-refractivity contribution in [3.05, 3.63) is 99.5 Å². The highest BCUT2D eigenvalue weighted by atomic mass is 79.9. The molecular formula is C31H37BrN2O2. The van der Waals surface area contributed by atoms with Crippen LogP contribution in [0.15, 0.2) is 82.3 Å². The number of aliphatic hydroxyl groups is 1. The number of hydrogen-bond donors (Lipinski definition) is 1. The molecule has 0 spiro atoms. The number of hydrogen-bond acceptors (Lipinski definition) is 4. The van der Waals surface area contributed by atoms with E-state index in [0.717, 1.165) is 35.1 Å². The van der Waals surface area contributed by atoms with Crippen LogP contribution in [0.5, 0.6) is 0 Å². The molecule has 0 aromatic heterocycles. The summed E-state index contributed by atoms with van der Waals surface area (Å²) in [6, 6.07) is 25.0. The summed E-state index contributed by atoms with van der Waals surface area (Å²) >= 11 is 3.70. The smallest absolute Gasteiger partial charge is 0.192 e. The van der Waals surface area contributed by atoms with Gasteiger partial charge >= 0.3 is 0 Å². The van der Waals surface area contributed by atoms with Gasteiger partial charge in [0.1, 0.15) is 0 Å². The Morgan fingerprint density at radius 1 is 1.03 bits per heavy atom. The number of rotatable bonds is 9. The van der Waals surface area contributed by atoms with Gasteiger partial charge in [0.05, 0.1) is 18.4 Å². The number of fused-ring (bicyclic) bond motifs is 1. The fourth-order valence-corrected chi connectivity index (χ4v) is 5.85. The van der Waals surface area contributed by atoms with E-state index in [2.05, 4.69) is 90.4 Å². The van der Waals surface area contributed by atoms with Gasteiger partial charge in [-0.25, -0.2) is 4.99 Å². The standard InChI is InChI=1S/C31H37BrN2O2/c1-22-25-21-26(30(36-4)33-28(25)16-15-27(22)32)29(24-13-9-6-10-14-24)31(35,19-20-34(2)3)18-17-23-11-7-5-8-12-23/h5-16,26,29,35H,17-21H2,1-4H3. The molecule has 3 unspecified atom stereocenters. The van der Waals surface area contributed by atoms with Gasteiger partial charge in [-0.15, -0.1) is 0 Å². The lowest BCUT2D eigenvalue weighted by molar-refractivity contribution is -0.0217. The van der Waals surface area contributed by atoms with Crippen molar-refractivity contribution in [2.75, 3.05) is 27.7 Å². The number of methoxy groups -OCH3 is 1. The Morgan fingerprint density at radius 2 is 1.69 bits per heavy atom. The molecule has 0 aliphatic carbocycles. The second-order valence-electron chi connectivity index (χ2n) is 10.2. The van der Waals surface area contributed by atoms with Crippen LogP contribution in [-0.4, -0.2) is 49.3 Å². The van der Waals surface area contributed by atoms with E-state index in [1.54, 1.807) is 7.11 Å². The summed E-state index contributed by atoms with van der Waals surface area (Å²) in [7, 11) is 5.83. The number of aryl methyl sites for hydroxylation is 1. The molecule has 0 radical (unpaired) electrons. The molecule has 4 nitrogen and oxygen atoms in total. The molecule has 1 aliphatic heterocycles. The molecule has 0 fully saturated rings. The van der Waals surface area contributed by atoms with E-state index in [-0.39, 0.29) is 11.8 Å². The van der Waals surface area contributed by atoms with Crippen LogP contribution in [0.1, 0.15) is 41.0 Å². The Hall–Kier alpha value is -2.47. The molecule has 0 saturated carbocycles. The molecule has 0 saturated heterocycles. The van der Waals surface area contributed by atoms with E-state index >= 15 is 0 Å². The second-order valence-corrected chi connectivity index (χ2v) is 11.0. The Balaban J connectivity index is 1.80. The maximum atomic E-state index is 12.6. The number of benzene rings is 3. The zero-order chi connectivity index (χ0) is 25.7. The molecule has 3 aromatic rings. The van der Waals surface area contributed by atoms with E-state index in [9.17, 15) is 5.11 Å². The van der Waals surface area contributed by atoms with Gasteiger partial charge in [0.2, 0.25) is 0 Å². The maximum Gasteiger partial charge on any atom is 0.192 e. The zero-order valence-corrected chi connectivity index (χ0v) is 23.3. The molecular weight excluding hydrogens is 512 g/mol. The summed E-state index contributed by atoms with van der Waals surface area (Å²) in [6.07, 6.45) is 2.89. The van der Waals surface area contributed by atoms with Gasteiger partial charge in [-0.2, -0.15) is 0 Å². The van der Waals surface area contributed by atoms with Gasteiger partial charge in [0.15, 0.2) is 5.90 Å². The fraction of sp³-hybridized carbons (Fsp3) is 0.387. The third kappa shape index (κ3) is 5.91. The predicted octanol–water partition coefficient (Wildman–Crippen LogP) is 6.71. The topological polar surface area (TPSA) is 45.1 Å². The van der Waals surface area contributed by atoms with Crippen LogP contribution in [0, 0.1) is 12.8 Å². The van der Waals surface area contributed by atoms with Crippen LogP contribution in [0.4, 0.5) is 5.69 Å². The van der Waals surface area contributed by atoms with E-state index < -0.39 is 5.60 Å². The maximum absolute atomic E-state index is 12.6. The summed E-state index contributed by atoms with van der Waals surface area (Å²) in [5.74, 6) is 0.439. The molecule has 4 rings (SSSR count). The van der Waals surface area contributed by atoms with Gasteiger partial charge in [0.25, 0.3) is 0 Å². The van der Waals surface area contributed by atoms with Gasteiger partial charge < -0.3 is 14.7 Å². The third-order valence-corrected chi connectivity index (χ3v) is 8.37. The van der Waals surface area contributed by atoms with Crippen molar-refractivity contribution >= 4 is 27.5 Å². The molecule has 1 aliphatic rings. The molecule has 36 heavy (non-hydrogen) atoms. The van der Waals surface area contributed by atoms with Crippen molar-refractivity contribution in [3.8, 4) is 0 Å². The van der Waals surface area contributed by atoms with E-state index in [0.29, 0.717) is 18.7 Å². The third-order valence-electron chi connectivity index (χ3n) is 7.51. The quantitative estimate of drug-likeness (QED) is 0.323. The van der Waals surface area contributed by atoms with Crippen molar-refractivity contribution in [2.45, 2.75) is 44.1 Å². The van der Waals surface area contributed by atoms with Gasteiger partial charge in [-0.3, -0.25) is 0 Å². The van der Waals surface area contributed by atoms with Crippen LogP contribution in [0.2, 0.25) is 0 Å². The normalized spacial score (nSPS) is 17.8. The number of ether oxygens (including phenoxy) is 1. The zero-order valence-electron chi connectivity index (χ0n) is 21.7.